The Labute approximate surface area is 154 Å². The van der Waals surface area contributed by atoms with Gasteiger partial charge in [0, 0.05) is 24.2 Å². The molecule has 0 aromatic carbocycles. The zero-order valence-corrected chi connectivity index (χ0v) is 15.7. The van der Waals surface area contributed by atoms with Gasteiger partial charge in [-0.3, -0.25) is 0 Å². The summed E-state index contributed by atoms with van der Waals surface area (Å²) in [6.07, 6.45) is 2.17. The second kappa shape index (κ2) is 8.64. The number of hydrogen-bond donors (Lipinski definition) is 2. The summed E-state index contributed by atoms with van der Waals surface area (Å²) in [6, 6.07) is 0. The molecule has 0 saturated carbocycles. The molecule has 0 unspecified atom stereocenters. The molecule has 0 spiro atoms. The number of carbonyl (C=O) groups is 2. The van der Waals surface area contributed by atoms with Gasteiger partial charge in [-0.1, -0.05) is 19.6 Å². The number of aliphatic hydroxyl groups excluding tert-OH is 2. The first-order chi connectivity index (χ1) is 12.3. The molecule has 0 aromatic heterocycles. The van der Waals surface area contributed by atoms with Gasteiger partial charge in [0.1, 0.15) is 12.2 Å². The first kappa shape index (κ1) is 20.4. The van der Waals surface area contributed by atoms with E-state index in [1.165, 1.54) is 0 Å². The lowest BCUT2D eigenvalue weighted by Gasteiger charge is -2.38. The average Bonchev–Trinajstić information content (AvgIpc) is 2.92. The zero-order chi connectivity index (χ0) is 19.4. The van der Waals surface area contributed by atoms with Crippen LogP contribution in [0, 0.1) is 11.8 Å². The van der Waals surface area contributed by atoms with Crippen molar-refractivity contribution >= 4 is 11.9 Å². The topological polar surface area (TPSA) is 93.1 Å². The van der Waals surface area contributed by atoms with Gasteiger partial charge in [0.2, 0.25) is 0 Å². The molecule has 0 amide bonds. The van der Waals surface area contributed by atoms with Crippen LogP contribution in [0.5, 0.6) is 0 Å². The summed E-state index contributed by atoms with van der Waals surface area (Å²) in [5.41, 5.74) is 2.32. The summed E-state index contributed by atoms with van der Waals surface area (Å²) >= 11 is 0. The number of ether oxygens (including phenoxy) is 2. The van der Waals surface area contributed by atoms with Gasteiger partial charge in [-0.25, -0.2) is 9.59 Å². The highest BCUT2D eigenvalue weighted by Crippen LogP contribution is 2.45. The highest BCUT2D eigenvalue weighted by Gasteiger charge is 2.50. The van der Waals surface area contributed by atoms with E-state index in [4.69, 9.17) is 14.6 Å². The molecule has 6 heteroatoms. The molecule has 1 saturated heterocycles. The Morgan fingerprint density at radius 2 is 2.15 bits per heavy atom. The van der Waals surface area contributed by atoms with Crippen molar-refractivity contribution in [2.24, 2.45) is 11.8 Å². The Hall–Kier alpha value is -1.92. The highest BCUT2D eigenvalue weighted by molar-refractivity contribution is 5.92. The largest absolute Gasteiger partial charge is 0.458 e. The van der Waals surface area contributed by atoms with E-state index < -0.39 is 30.1 Å². The lowest BCUT2D eigenvalue weighted by atomic mass is 9.73. The summed E-state index contributed by atoms with van der Waals surface area (Å²) < 4.78 is 11.2. The van der Waals surface area contributed by atoms with Gasteiger partial charge in [0.25, 0.3) is 0 Å². The maximum absolute atomic E-state index is 12.4. The number of esters is 2. The molecule has 2 aliphatic rings. The number of fused-ring (bicyclic) bond motifs is 1. The van der Waals surface area contributed by atoms with E-state index in [1.54, 1.807) is 19.9 Å². The fraction of sp³-hybridized carbons (Fsp3) is 0.600. The molecule has 26 heavy (non-hydrogen) atoms. The number of allylic oxidation sites excluding steroid dienone is 1. The molecule has 1 aliphatic carbocycles. The van der Waals surface area contributed by atoms with Crippen LogP contribution in [0.15, 0.2) is 34.9 Å². The molecule has 0 aromatic rings. The van der Waals surface area contributed by atoms with Crippen molar-refractivity contribution in [3.8, 4) is 0 Å². The molecule has 1 aliphatic heterocycles. The molecular formula is C20H28O6. The van der Waals surface area contributed by atoms with Crippen molar-refractivity contribution in [2.75, 3.05) is 13.2 Å². The first-order valence-electron chi connectivity index (χ1n) is 9.02. The Morgan fingerprint density at radius 3 is 2.73 bits per heavy atom. The predicted octanol–water partition coefficient (Wildman–Crippen LogP) is 2.06. The third kappa shape index (κ3) is 3.91. The Balaban J connectivity index is 2.45. The number of hydrogen-bond acceptors (Lipinski definition) is 6. The third-order valence-corrected chi connectivity index (χ3v) is 5.32. The van der Waals surface area contributed by atoms with E-state index in [-0.39, 0.29) is 19.1 Å². The molecule has 4 atom stereocenters. The monoisotopic (exact) mass is 364 g/mol. The van der Waals surface area contributed by atoms with E-state index >= 15 is 0 Å². The van der Waals surface area contributed by atoms with Gasteiger partial charge in [0.15, 0.2) is 0 Å². The van der Waals surface area contributed by atoms with Crippen LogP contribution in [-0.4, -0.2) is 47.6 Å². The van der Waals surface area contributed by atoms with E-state index in [1.807, 2.05) is 6.92 Å². The van der Waals surface area contributed by atoms with Crippen molar-refractivity contribution < 1.29 is 29.3 Å². The van der Waals surface area contributed by atoms with Crippen LogP contribution in [0.2, 0.25) is 0 Å². The Morgan fingerprint density at radius 1 is 1.46 bits per heavy atom. The quantitative estimate of drug-likeness (QED) is 0.408. The molecule has 1 fully saturated rings. The molecule has 2 rings (SSSR count). The summed E-state index contributed by atoms with van der Waals surface area (Å²) in [7, 11) is 0. The van der Waals surface area contributed by atoms with Crippen LogP contribution in [-0.2, 0) is 19.1 Å². The van der Waals surface area contributed by atoms with E-state index in [0.29, 0.717) is 30.4 Å². The Kier molecular flexibility index (Phi) is 6.78. The third-order valence-electron chi connectivity index (χ3n) is 5.32. The highest BCUT2D eigenvalue weighted by atomic mass is 16.6. The molecule has 2 N–H and O–H groups in total. The van der Waals surface area contributed by atoms with Crippen molar-refractivity contribution in [1.82, 2.24) is 0 Å². The number of aliphatic hydroxyl groups is 2. The van der Waals surface area contributed by atoms with Crippen LogP contribution < -0.4 is 0 Å². The normalized spacial score (nSPS) is 27.3. The van der Waals surface area contributed by atoms with Crippen molar-refractivity contribution in [2.45, 2.75) is 52.2 Å². The fourth-order valence-electron chi connectivity index (χ4n) is 3.75. The van der Waals surface area contributed by atoms with Crippen LogP contribution in [0.4, 0.5) is 0 Å². The number of carbonyl (C=O) groups excluding carboxylic acids is 2. The summed E-state index contributed by atoms with van der Waals surface area (Å²) in [5.74, 6) is -1.41. The van der Waals surface area contributed by atoms with Gasteiger partial charge < -0.3 is 19.7 Å². The average molecular weight is 364 g/mol. The van der Waals surface area contributed by atoms with Gasteiger partial charge >= 0.3 is 11.9 Å². The second-order valence-electron chi connectivity index (χ2n) is 6.98. The Bertz CT molecular complexity index is 645. The number of rotatable bonds is 7. The molecular weight excluding hydrogens is 336 g/mol. The van der Waals surface area contributed by atoms with E-state index in [9.17, 15) is 14.7 Å². The van der Waals surface area contributed by atoms with Crippen LogP contribution in [0.1, 0.15) is 40.0 Å². The molecule has 144 valence electrons. The van der Waals surface area contributed by atoms with Gasteiger partial charge in [-0.15, -0.1) is 0 Å². The van der Waals surface area contributed by atoms with Gasteiger partial charge in [-0.05, 0) is 43.8 Å². The van der Waals surface area contributed by atoms with Crippen molar-refractivity contribution in [3.05, 3.63) is 34.9 Å². The maximum atomic E-state index is 12.4. The molecule has 0 radical (unpaired) electrons. The first-order valence-corrected chi connectivity index (χ1v) is 9.02. The minimum absolute atomic E-state index is 0.0162. The van der Waals surface area contributed by atoms with Crippen LogP contribution in [0.25, 0.3) is 0 Å². The summed E-state index contributed by atoms with van der Waals surface area (Å²) in [6.45, 7) is 9.11. The van der Waals surface area contributed by atoms with Gasteiger partial charge in [0.05, 0.1) is 12.5 Å². The fourth-order valence-corrected chi connectivity index (χ4v) is 3.75. The van der Waals surface area contributed by atoms with Crippen LogP contribution in [0.3, 0.4) is 0 Å². The van der Waals surface area contributed by atoms with Crippen LogP contribution >= 0.6 is 0 Å². The second-order valence-corrected chi connectivity index (χ2v) is 6.98. The lowest BCUT2D eigenvalue weighted by Crippen LogP contribution is -2.41. The minimum atomic E-state index is -0.703. The SMILES string of the molecule is C=C1C(=O)O[C@@H]2CC(CO)=C([C@@H](C)CCCO)[C@@H](OC(=O)/C(C)=C/C)[C@H]12. The van der Waals surface area contributed by atoms with E-state index in [0.717, 1.165) is 11.1 Å². The lowest BCUT2D eigenvalue weighted by molar-refractivity contribution is -0.147. The zero-order valence-electron chi connectivity index (χ0n) is 15.7. The summed E-state index contributed by atoms with van der Waals surface area (Å²) in [5, 5.41) is 19.0. The smallest absolute Gasteiger partial charge is 0.334 e. The maximum Gasteiger partial charge on any atom is 0.334 e. The van der Waals surface area contributed by atoms with Crippen molar-refractivity contribution in [3.63, 3.8) is 0 Å². The molecule has 6 nitrogen and oxygen atoms in total. The predicted molar refractivity (Wildman–Crippen MR) is 96.0 cm³/mol. The minimum Gasteiger partial charge on any atom is -0.458 e. The van der Waals surface area contributed by atoms with E-state index in [2.05, 4.69) is 6.58 Å². The summed E-state index contributed by atoms with van der Waals surface area (Å²) in [4.78, 5) is 24.4. The molecule has 1 heterocycles. The standard InChI is InChI=1S/C20H28O6/c1-5-11(2)19(23)26-18-16(12(3)7-6-8-21)14(10-22)9-15-17(18)13(4)20(24)25-15/h5,12,15,17-18,21-22H,4,6-10H2,1-3H3/b11-5+/t12-,15+,17+,18+/m0/s1. The van der Waals surface area contributed by atoms with Gasteiger partial charge in [-0.2, -0.15) is 0 Å². The molecule has 0 bridgehead atoms. The van der Waals surface area contributed by atoms with Crippen molar-refractivity contribution in [1.29, 1.82) is 0 Å².